The Balaban J connectivity index is 1.50. The number of carbonyl (C=O) groups excluding carboxylic acids is 3. The summed E-state index contributed by atoms with van der Waals surface area (Å²) in [6, 6.07) is 11.3. The number of imide groups is 1. The predicted octanol–water partition coefficient (Wildman–Crippen LogP) is 6.85. The molecule has 37 heavy (non-hydrogen) atoms. The monoisotopic (exact) mass is 581 g/mol. The molecule has 1 aliphatic heterocycles. The summed E-state index contributed by atoms with van der Waals surface area (Å²) in [6.07, 6.45) is 1.53. The van der Waals surface area contributed by atoms with Crippen LogP contribution in [0.3, 0.4) is 0 Å². The molecule has 0 aliphatic carbocycles. The maximum Gasteiger partial charge on any atom is 0.373 e. The number of hydrogen-bond acceptors (Lipinski definition) is 8. The number of nitrogens with zero attached hydrogens (tertiary/aromatic N) is 1. The van der Waals surface area contributed by atoms with Gasteiger partial charge in [0.05, 0.1) is 40.7 Å². The minimum absolute atomic E-state index is 0.0248. The number of esters is 1. The Morgan fingerprint density at radius 3 is 2.51 bits per heavy atom. The molecule has 2 aromatic carbocycles. The molecule has 1 fully saturated rings. The molecule has 8 nitrogen and oxygen atoms in total. The minimum Gasteiger partial charge on any atom is -0.493 e. The Morgan fingerprint density at radius 2 is 1.81 bits per heavy atom. The highest BCUT2D eigenvalue weighted by molar-refractivity contribution is 8.18. The first-order chi connectivity index (χ1) is 17.7. The maximum atomic E-state index is 12.9. The molecule has 0 N–H and O–H groups in total. The lowest BCUT2D eigenvalue weighted by Gasteiger charge is -2.14. The molecule has 3 aromatic rings. The fraction of sp³-hybridized carbons (Fsp3) is 0.160. The Labute approximate surface area is 231 Å². The quantitative estimate of drug-likeness (QED) is 0.210. The van der Waals surface area contributed by atoms with Crippen molar-refractivity contribution in [1.82, 2.24) is 4.90 Å². The molecule has 0 bridgehead atoms. The standard InChI is InChI=1S/C25H18Cl3NO7S/c1-33-20-9-14(8-18(28)22(20)35-12-13-3-5-16(26)17(27)7-13)10-21-23(30)29(25(32)37-21)11-15-4-6-19(36-15)24(31)34-2/h3-10H,11-12H2,1-2H3/b21-10+. The van der Waals surface area contributed by atoms with Crippen molar-refractivity contribution in [2.75, 3.05) is 14.2 Å². The van der Waals surface area contributed by atoms with Crippen molar-refractivity contribution < 1.29 is 33.0 Å². The highest BCUT2D eigenvalue weighted by Gasteiger charge is 2.36. The van der Waals surface area contributed by atoms with Crippen molar-refractivity contribution in [1.29, 1.82) is 0 Å². The Hall–Kier alpha value is -3.11. The second-order valence-corrected chi connectivity index (χ2v) is 9.81. The van der Waals surface area contributed by atoms with Gasteiger partial charge in [-0.3, -0.25) is 14.5 Å². The molecule has 12 heteroatoms. The Morgan fingerprint density at radius 1 is 1.03 bits per heavy atom. The fourth-order valence-electron chi connectivity index (χ4n) is 3.36. The zero-order chi connectivity index (χ0) is 26.7. The lowest BCUT2D eigenvalue weighted by Crippen LogP contribution is -2.27. The van der Waals surface area contributed by atoms with Crippen molar-refractivity contribution in [2.24, 2.45) is 0 Å². The molecule has 1 aromatic heterocycles. The van der Waals surface area contributed by atoms with Gasteiger partial charge in [-0.1, -0.05) is 40.9 Å². The SMILES string of the molecule is COC(=O)c1ccc(CN2C(=O)S/C(=C/c3cc(Cl)c(OCc4ccc(Cl)c(Cl)c4)c(OC)c3)C2=O)o1. The number of ether oxygens (including phenoxy) is 3. The van der Waals surface area contributed by atoms with E-state index < -0.39 is 17.1 Å². The van der Waals surface area contributed by atoms with Gasteiger partial charge in [0.25, 0.3) is 11.1 Å². The van der Waals surface area contributed by atoms with E-state index in [1.807, 2.05) is 0 Å². The zero-order valence-electron chi connectivity index (χ0n) is 19.4. The number of rotatable bonds is 8. The van der Waals surface area contributed by atoms with E-state index in [0.29, 0.717) is 27.1 Å². The third-order valence-electron chi connectivity index (χ3n) is 5.15. The molecule has 1 aliphatic rings. The lowest BCUT2D eigenvalue weighted by atomic mass is 10.1. The summed E-state index contributed by atoms with van der Waals surface area (Å²) in [5.41, 5.74) is 1.31. The van der Waals surface area contributed by atoms with Gasteiger partial charge in [-0.25, -0.2) is 4.79 Å². The van der Waals surface area contributed by atoms with Gasteiger partial charge in [-0.2, -0.15) is 0 Å². The van der Waals surface area contributed by atoms with Crippen LogP contribution in [0.5, 0.6) is 11.5 Å². The van der Waals surface area contributed by atoms with Gasteiger partial charge in [0, 0.05) is 0 Å². The summed E-state index contributed by atoms with van der Waals surface area (Å²) in [5, 5.41) is 0.605. The molecule has 0 atom stereocenters. The molecular formula is C25H18Cl3NO7S. The summed E-state index contributed by atoms with van der Waals surface area (Å²) in [5.74, 6) is -0.291. The first-order valence-corrected chi connectivity index (χ1v) is 12.5. The molecular weight excluding hydrogens is 565 g/mol. The third kappa shape index (κ3) is 6.07. The number of furan rings is 1. The van der Waals surface area contributed by atoms with E-state index >= 15 is 0 Å². The molecule has 2 heterocycles. The predicted molar refractivity (Wildman–Crippen MR) is 140 cm³/mol. The van der Waals surface area contributed by atoms with E-state index in [1.54, 1.807) is 30.3 Å². The second-order valence-electron chi connectivity index (χ2n) is 7.60. The molecule has 0 radical (unpaired) electrons. The number of benzene rings is 2. The highest BCUT2D eigenvalue weighted by Crippen LogP contribution is 2.40. The van der Waals surface area contributed by atoms with Crippen LogP contribution in [0.4, 0.5) is 4.79 Å². The van der Waals surface area contributed by atoms with Gasteiger partial charge >= 0.3 is 5.97 Å². The maximum absolute atomic E-state index is 12.9. The number of amides is 2. The van der Waals surface area contributed by atoms with Crippen LogP contribution in [0.25, 0.3) is 6.08 Å². The average molecular weight is 583 g/mol. The smallest absolute Gasteiger partial charge is 0.373 e. The third-order valence-corrected chi connectivity index (χ3v) is 7.08. The molecule has 4 rings (SSSR count). The summed E-state index contributed by atoms with van der Waals surface area (Å²) < 4.78 is 21.3. The number of halogens is 3. The van der Waals surface area contributed by atoms with Crippen molar-refractivity contribution >= 4 is 69.8 Å². The summed E-state index contributed by atoms with van der Waals surface area (Å²) in [6.45, 7) is 0.0280. The largest absolute Gasteiger partial charge is 0.493 e. The van der Waals surface area contributed by atoms with E-state index in [-0.39, 0.29) is 34.6 Å². The van der Waals surface area contributed by atoms with Crippen LogP contribution in [0.1, 0.15) is 27.4 Å². The summed E-state index contributed by atoms with van der Waals surface area (Å²) in [7, 11) is 2.68. The van der Waals surface area contributed by atoms with Crippen molar-refractivity contribution in [3.8, 4) is 11.5 Å². The van der Waals surface area contributed by atoms with E-state index in [0.717, 1.165) is 22.2 Å². The van der Waals surface area contributed by atoms with Gasteiger partial charge in [-0.15, -0.1) is 0 Å². The number of carbonyl (C=O) groups is 3. The van der Waals surface area contributed by atoms with Crippen LogP contribution >= 0.6 is 46.6 Å². The summed E-state index contributed by atoms with van der Waals surface area (Å²) in [4.78, 5) is 38.2. The van der Waals surface area contributed by atoms with Gasteiger partial charge in [0.2, 0.25) is 5.76 Å². The van der Waals surface area contributed by atoms with Crippen molar-refractivity contribution in [2.45, 2.75) is 13.2 Å². The zero-order valence-corrected chi connectivity index (χ0v) is 22.5. The number of thioether (sulfide) groups is 1. The molecule has 1 saturated heterocycles. The van der Waals surface area contributed by atoms with Crippen LogP contribution in [0.15, 0.2) is 51.8 Å². The fourth-order valence-corrected chi connectivity index (χ4v) is 4.80. The van der Waals surface area contributed by atoms with Gasteiger partial charge in [-0.05, 0) is 65.4 Å². The van der Waals surface area contributed by atoms with E-state index in [9.17, 15) is 14.4 Å². The summed E-state index contributed by atoms with van der Waals surface area (Å²) >= 11 is 19.2. The molecule has 0 spiro atoms. The van der Waals surface area contributed by atoms with E-state index in [4.69, 9.17) is 48.7 Å². The normalized spacial score (nSPS) is 14.4. The Kier molecular flexibility index (Phi) is 8.39. The lowest BCUT2D eigenvalue weighted by molar-refractivity contribution is -0.123. The van der Waals surface area contributed by atoms with Gasteiger partial charge in [0.1, 0.15) is 12.4 Å². The molecule has 2 amide bonds. The van der Waals surface area contributed by atoms with Crippen LogP contribution in [-0.4, -0.2) is 36.2 Å². The van der Waals surface area contributed by atoms with E-state index in [1.165, 1.54) is 32.4 Å². The first kappa shape index (κ1) is 26.9. The Bertz CT molecular complexity index is 1420. The average Bonchev–Trinajstić information content (AvgIpc) is 3.45. The first-order valence-electron chi connectivity index (χ1n) is 10.6. The van der Waals surface area contributed by atoms with Crippen LogP contribution < -0.4 is 9.47 Å². The number of hydrogen-bond donors (Lipinski definition) is 0. The molecule has 192 valence electrons. The minimum atomic E-state index is -0.657. The van der Waals surface area contributed by atoms with Crippen LogP contribution in [-0.2, 0) is 22.7 Å². The van der Waals surface area contributed by atoms with Gasteiger partial charge < -0.3 is 18.6 Å². The van der Waals surface area contributed by atoms with Crippen molar-refractivity contribution in [3.63, 3.8) is 0 Å². The molecule has 0 saturated carbocycles. The molecule has 0 unspecified atom stereocenters. The number of methoxy groups -OCH3 is 2. The van der Waals surface area contributed by atoms with Crippen LogP contribution in [0, 0.1) is 0 Å². The van der Waals surface area contributed by atoms with Crippen LogP contribution in [0.2, 0.25) is 15.1 Å². The van der Waals surface area contributed by atoms with Crippen molar-refractivity contribution in [3.05, 3.63) is 85.1 Å². The highest BCUT2D eigenvalue weighted by atomic mass is 35.5. The topological polar surface area (TPSA) is 95.3 Å². The second kappa shape index (κ2) is 11.5. The van der Waals surface area contributed by atoms with Gasteiger partial charge in [0.15, 0.2) is 11.5 Å². The van der Waals surface area contributed by atoms with E-state index in [2.05, 4.69) is 4.74 Å².